The Bertz CT molecular complexity index is 430. The van der Waals surface area contributed by atoms with E-state index in [0.29, 0.717) is 11.5 Å². The van der Waals surface area contributed by atoms with Crippen LogP contribution in [0, 0.1) is 6.92 Å². The molecule has 0 aliphatic carbocycles. The van der Waals surface area contributed by atoms with Gasteiger partial charge in [0.1, 0.15) is 6.04 Å². The van der Waals surface area contributed by atoms with E-state index < -0.39 is 12.0 Å². The second-order valence-corrected chi connectivity index (χ2v) is 3.74. The quantitative estimate of drug-likeness (QED) is 0.787. The van der Waals surface area contributed by atoms with E-state index in [4.69, 9.17) is 20.3 Å². The zero-order chi connectivity index (χ0) is 11.7. The van der Waals surface area contributed by atoms with Gasteiger partial charge >= 0.3 is 5.97 Å². The van der Waals surface area contributed by atoms with Crippen molar-refractivity contribution in [2.75, 3.05) is 6.79 Å². The van der Waals surface area contributed by atoms with Gasteiger partial charge in [0.05, 0.1) is 0 Å². The summed E-state index contributed by atoms with van der Waals surface area (Å²) in [5.41, 5.74) is 7.28. The van der Waals surface area contributed by atoms with E-state index in [1.54, 1.807) is 0 Å². The third-order valence-corrected chi connectivity index (χ3v) is 2.62. The Kier molecular flexibility index (Phi) is 2.70. The molecule has 1 aromatic rings. The highest BCUT2D eigenvalue weighted by molar-refractivity contribution is 5.74. The highest BCUT2D eigenvalue weighted by Gasteiger charge is 2.23. The van der Waals surface area contributed by atoms with E-state index >= 15 is 0 Å². The molecule has 0 aromatic heterocycles. The standard InChI is InChI=1S/C11H13NO4/c1-6-2-3-9-10(16-5-15-9)7(6)4-8(12)11(13)14/h2-3,8H,4-5,12H2,1H3,(H,13,14). The summed E-state index contributed by atoms with van der Waals surface area (Å²) in [6.45, 7) is 2.07. The molecule has 86 valence electrons. The van der Waals surface area contributed by atoms with E-state index in [2.05, 4.69) is 0 Å². The molecule has 0 amide bonds. The van der Waals surface area contributed by atoms with Crippen molar-refractivity contribution in [1.29, 1.82) is 0 Å². The first kappa shape index (κ1) is 10.8. The van der Waals surface area contributed by atoms with Crippen molar-refractivity contribution in [1.82, 2.24) is 0 Å². The smallest absolute Gasteiger partial charge is 0.320 e. The fraction of sp³-hybridized carbons (Fsp3) is 0.364. The molecule has 1 heterocycles. The van der Waals surface area contributed by atoms with Crippen molar-refractivity contribution >= 4 is 5.97 Å². The summed E-state index contributed by atoms with van der Waals surface area (Å²) in [4.78, 5) is 10.7. The van der Waals surface area contributed by atoms with Gasteiger partial charge in [0.2, 0.25) is 6.79 Å². The van der Waals surface area contributed by atoms with Crippen molar-refractivity contribution in [3.8, 4) is 11.5 Å². The molecule has 3 N–H and O–H groups in total. The van der Waals surface area contributed by atoms with Crippen LogP contribution in [0.25, 0.3) is 0 Å². The zero-order valence-electron chi connectivity index (χ0n) is 8.90. The predicted octanol–water partition coefficient (Wildman–Crippen LogP) is 0.678. The van der Waals surface area contributed by atoms with Gasteiger partial charge in [0, 0.05) is 12.0 Å². The van der Waals surface area contributed by atoms with Gasteiger partial charge in [-0.15, -0.1) is 0 Å². The Hall–Kier alpha value is -1.75. The van der Waals surface area contributed by atoms with E-state index in [1.807, 2.05) is 19.1 Å². The second kappa shape index (κ2) is 4.02. The molecule has 0 spiro atoms. The van der Waals surface area contributed by atoms with Gasteiger partial charge in [-0.1, -0.05) is 6.07 Å². The maximum atomic E-state index is 10.7. The lowest BCUT2D eigenvalue weighted by Crippen LogP contribution is -2.32. The van der Waals surface area contributed by atoms with Crippen molar-refractivity contribution in [2.45, 2.75) is 19.4 Å². The largest absolute Gasteiger partial charge is 0.480 e. The van der Waals surface area contributed by atoms with Crippen LogP contribution in [0.2, 0.25) is 0 Å². The monoisotopic (exact) mass is 223 g/mol. The molecule has 0 radical (unpaired) electrons. The first-order valence-corrected chi connectivity index (χ1v) is 4.96. The molecular weight excluding hydrogens is 210 g/mol. The van der Waals surface area contributed by atoms with Crippen LogP contribution < -0.4 is 15.2 Å². The summed E-state index contributed by atoms with van der Waals surface area (Å²) in [6, 6.07) is 2.76. The van der Waals surface area contributed by atoms with E-state index in [0.717, 1.165) is 11.1 Å². The summed E-state index contributed by atoms with van der Waals surface area (Å²) in [7, 11) is 0. The predicted molar refractivity (Wildman–Crippen MR) is 56.6 cm³/mol. The van der Waals surface area contributed by atoms with Gasteiger partial charge in [-0.05, 0) is 18.6 Å². The molecule has 5 heteroatoms. The second-order valence-electron chi connectivity index (χ2n) is 3.74. The molecule has 16 heavy (non-hydrogen) atoms. The van der Waals surface area contributed by atoms with Gasteiger partial charge in [0.25, 0.3) is 0 Å². The van der Waals surface area contributed by atoms with Gasteiger partial charge in [-0.2, -0.15) is 0 Å². The summed E-state index contributed by atoms with van der Waals surface area (Å²) in [5, 5.41) is 8.79. The van der Waals surface area contributed by atoms with Crippen molar-refractivity contribution in [3.05, 3.63) is 23.3 Å². The number of fused-ring (bicyclic) bond motifs is 1. The minimum absolute atomic E-state index is 0.175. The highest BCUT2D eigenvalue weighted by atomic mass is 16.7. The van der Waals surface area contributed by atoms with Crippen LogP contribution >= 0.6 is 0 Å². The fourth-order valence-electron chi connectivity index (χ4n) is 1.69. The zero-order valence-corrected chi connectivity index (χ0v) is 8.90. The van der Waals surface area contributed by atoms with Crippen molar-refractivity contribution in [2.24, 2.45) is 5.73 Å². The van der Waals surface area contributed by atoms with E-state index in [-0.39, 0.29) is 13.2 Å². The van der Waals surface area contributed by atoms with Gasteiger partial charge in [-0.25, -0.2) is 0 Å². The van der Waals surface area contributed by atoms with Crippen LogP contribution in [0.1, 0.15) is 11.1 Å². The topological polar surface area (TPSA) is 81.8 Å². The van der Waals surface area contributed by atoms with Crippen molar-refractivity contribution < 1.29 is 19.4 Å². The minimum Gasteiger partial charge on any atom is -0.480 e. The third-order valence-electron chi connectivity index (χ3n) is 2.62. The molecule has 0 saturated heterocycles. The lowest BCUT2D eigenvalue weighted by Gasteiger charge is -2.11. The number of nitrogens with two attached hydrogens (primary N) is 1. The number of carboxylic acids is 1. The van der Waals surface area contributed by atoms with Gasteiger partial charge < -0.3 is 20.3 Å². The number of hydrogen-bond donors (Lipinski definition) is 2. The maximum Gasteiger partial charge on any atom is 0.320 e. The lowest BCUT2D eigenvalue weighted by atomic mass is 10.00. The average molecular weight is 223 g/mol. The number of carbonyl (C=O) groups is 1. The Morgan fingerprint density at radius 3 is 3.00 bits per heavy atom. The molecule has 1 aromatic carbocycles. The molecule has 0 fully saturated rings. The minimum atomic E-state index is -1.02. The van der Waals surface area contributed by atoms with Crippen LogP contribution in [0.15, 0.2) is 12.1 Å². The molecule has 2 rings (SSSR count). The number of rotatable bonds is 3. The highest BCUT2D eigenvalue weighted by Crippen LogP contribution is 2.37. The molecule has 1 unspecified atom stereocenters. The summed E-state index contributed by atoms with van der Waals surface area (Å²) in [5.74, 6) is 0.255. The molecular formula is C11H13NO4. The Morgan fingerprint density at radius 2 is 2.31 bits per heavy atom. The van der Waals surface area contributed by atoms with Crippen LogP contribution in [0.5, 0.6) is 11.5 Å². The number of aliphatic carboxylic acids is 1. The van der Waals surface area contributed by atoms with Gasteiger partial charge in [0.15, 0.2) is 11.5 Å². The molecule has 1 aliphatic heterocycles. The van der Waals surface area contributed by atoms with E-state index in [9.17, 15) is 4.79 Å². The third kappa shape index (κ3) is 1.81. The first-order chi connectivity index (χ1) is 7.59. The SMILES string of the molecule is Cc1ccc2c(c1CC(N)C(=O)O)OCO2. The van der Waals surface area contributed by atoms with Crippen LogP contribution in [0.3, 0.4) is 0 Å². The Balaban J connectivity index is 2.33. The number of aryl methyl sites for hydroxylation is 1. The molecule has 1 atom stereocenters. The summed E-state index contributed by atoms with van der Waals surface area (Å²) in [6.07, 6.45) is 0.244. The van der Waals surface area contributed by atoms with Gasteiger partial charge in [-0.3, -0.25) is 4.79 Å². The van der Waals surface area contributed by atoms with Crippen LogP contribution in [-0.2, 0) is 11.2 Å². The maximum absolute atomic E-state index is 10.7. The Morgan fingerprint density at radius 1 is 1.56 bits per heavy atom. The summed E-state index contributed by atoms with van der Waals surface area (Å²) < 4.78 is 10.5. The van der Waals surface area contributed by atoms with Crippen LogP contribution in [0.4, 0.5) is 0 Å². The summed E-state index contributed by atoms with van der Waals surface area (Å²) >= 11 is 0. The van der Waals surface area contributed by atoms with Crippen LogP contribution in [-0.4, -0.2) is 23.9 Å². The number of benzene rings is 1. The normalized spacial score (nSPS) is 14.9. The number of hydrogen-bond acceptors (Lipinski definition) is 4. The molecule has 0 saturated carbocycles. The number of ether oxygens (including phenoxy) is 2. The molecule has 0 bridgehead atoms. The fourth-order valence-corrected chi connectivity index (χ4v) is 1.69. The lowest BCUT2D eigenvalue weighted by molar-refractivity contribution is -0.138. The molecule has 1 aliphatic rings. The van der Waals surface area contributed by atoms with Crippen molar-refractivity contribution in [3.63, 3.8) is 0 Å². The Labute approximate surface area is 92.8 Å². The molecule has 5 nitrogen and oxygen atoms in total. The number of carboxylic acid groups (broad SMARTS) is 1. The first-order valence-electron chi connectivity index (χ1n) is 4.96. The average Bonchev–Trinajstić information content (AvgIpc) is 2.70. The van der Waals surface area contributed by atoms with E-state index in [1.165, 1.54) is 0 Å².